The third-order valence-corrected chi connectivity index (χ3v) is 3.24. The Bertz CT molecular complexity index is 955. The summed E-state index contributed by atoms with van der Waals surface area (Å²) in [6.07, 6.45) is 5.23. The van der Waals surface area contributed by atoms with Crippen LogP contribution in [0, 0.1) is 0 Å². The average Bonchev–Trinajstić information content (AvgIpc) is 3.00. The first kappa shape index (κ1) is 11.7. The monoisotopic (exact) mass is 273 g/mol. The summed E-state index contributed by atoms with van der Waals surface area (Å²) in [4.78, 5) is 13.3. The molecule has 0 amide bonds. The van der Waals surface area contributed by atoms with E-state index in [9.17, 15) is 0 Å². The van der Waals surface area contributed by atoms with Crippen molar-refractivity contribution in [1.82, 2.24) is 20.2 Å². The summed E-state index contributed by atoms with van der Waals surface area (Å²) < 4.78 is 0. The number of aliphatic imine (C=N–C) groups is 1. The lowest BCUT2D eigenvalue weighted by Gasteiger charge is -1.97. The molecule has 1 N–H and O–H groups in total. The molecule has 5 heteroatoms. The Morgan fingerprint density at radius 1 is 1.00 bits per heavy atom. The van der Waals surface area contributed by atoms with Gasteiger partial charge < -0.3 is 0 Å². The van der Waals surface area contributed by atoms with Crippen LogP contribution in [-0.2, 0) is 0 Å². The Hall–Kier alpha value is -3.08. The number of rotatable bonds is 2. The molecule has 21 heavy (non-hydrogen) atoms. The van der Waals surface area contributed by atoms with Crippen molar-refractivity contribution in [2.45, 2.75) is 0 Å². The highest BCUT2D eigenvalue weighted by Gasteiger charge is 1.98. The van der Waals surface area contributed by atoms with Gasteiger partial charge in [-0.25, -0.2) is 4.98 Å². The smallest absolute Gasteiger partial charge is 0.100 e. The summed E-state index contributed by atoms with van der Waals surface area (Å²) in [5.74, 6) is 0. The molecule has 0 radical (unpaired) electrons. The summed E-state index contributed by atoms with van der Waals surface area (Å²) >= 11 is 0. The zero-order chi connectivity index (χ0) is 14.1. The largest absolute Gasteiger partial charge is 0.278 e. The number of nitrogens with one attached hydrogen (secondary N) is 1. The third kappa shape index (κ3) is 2.25. The van der Waals surface area contributed by atoms with E-state index in [2.05, 4.69) is 25.2 Å². The predicted molar refractivity (Wildman–Crippen MR) is 82.9 cm³/mol. The molecule has 0 aliphatic rings. The highest BCUT2D eigenvalue weighted by molar-refractivity contribution is 5.86. The van der Waals surface area contributed by atoms with Gasteiger partial charge in [0.05, 0.1) is 40.8 Å². The number of hydrogen-bond acceptors (Lipinski definition) is 4. The molecule has 4 rings (SSSR count). The Morgan fingerprint density at radius 3 is 2.86 bits per heavy atom. The number of H-pyrrole nitrogens is 1. The summed E-state index contributed by atoms with van der Waals surface area (Å²) in [5.41, 5.74) is 4.35. The van der Waals surface area contributed by atoms with Gasteiger partial charge >= 0.3 is 0 Å². The Balaban J connectivity index is 1.69. The van der Waals surface area contributed by atoms with Gasteiger partial charge in [0.2, 0.25) is 0 Å². The third-order valence-electron chi connectivity index (χ3n) is 3.24. The first-order valence-corrected chi connectivity index (χ1v) is 6.57. The zero-order valence-electron chi connectivity index (χ0n) is 11.1. The van der Waals surface area contributed by atoms with Crippen LogP contribution in [0.25, 0.3) is 21.9 Å². The fourth-order valence-corrected chi connectivity index (χ4v) is 2.18. The second-order valence-corrected chi connectivity index (χ2v) is 4.68. The van der Waals surface area contributed by atoms with Crippen LogP contribution in [0.15, 0.2) is 59.9 Å². The van der Waals surface area contributed by atoms with Gasteiger partial charge in [-0.2, -0.15) is 5.10 Å². The van der Waals surface area contributed by atoms with E-state index in [0.29, 0.717) is 0 Å². The lowest BCUT2D eigenvalue weighted by molar-refractivity contribution is 1.12. The van der Waals surface area contributed by atoms with Crippen molar-refractivity contribution in [3.05, 3.63) is 60.6 Å². The van der Waals surface area contributed by atoms with E-state index in [1.54, 1.807) is 18.6 Å². The minimum atomic E-state index is 0.737. The van der Waals surface area contributed by atoms with Crippen LogP contribution in [0.3, 0.4) is 0 Å². The van der Waals surface area contributed by atoms with Crippen LogP contribution in [0.5, 0.6) is 0 Å². The van der Waals surface area contributed by atoms with E-state index in [-0.39, 0.29) is 0 Å². The molecule has 2 aromatic carbocycles. The molecule has 0 aliphatic heterocycles. The van der Waals surface area contributed by atoms with E-state index < -0.39 is 0 Å². The van der Waals surface area contributed by atoms with Crippen LogP contribution >= 0.6 is 0 Å². The molecule has 2 heterocycles. The SMILES string of the molecule is C(=Nc1ccc2[nH]ncc2c1)c1cnc2ccccc2n1. The average molecular weight is 273 g/mol. The highest BCUT2D eigenvalue weighted by Crippen LogP contribution is 2.19. The number of benzene rings is 2. The van der Waals surface area contributed by atoms with Gasteiger partial charge in [0, 0.05) is 5.39 Å². The van der Waals surface area contributed by atoms with Crippen molar-refractivity contribution in [2.75, 3.05) is 0 Å². The normalized spacial score (nSPS) is 11.6. The molecule has 4 aromatic rings. The van der Waals surface area contributed by atoms with Crippen molar-refractivity contribution in [3.63, 3.8) is 0 Å². The van der Waals surface area contributed by atoms with Crippen molar-refractivity contribution in [1.29, 1.82) is 0 Å². The van der Waals surface area contributed by atoms with E-state index in [4.69, 9.17) is 0 Å². The molecule has 0 saturated carbocycles. The number of nitrogens with zero attached hydrogens (tertiary/aromatic N) is 4. The number of fused-ring (bicyclic) bond motifs is 2. The summed E-state index contributed by atoms with van der Waals surface area (Å²) in [5, 5.41) is 7.95. The van der Waals surface area contributed by atoms with Crippen molar-refractivity contribution in [2.24, 2.45) is 4.99 Å². The Kier molecular flexibility index (Phi) is 2.67. The summed E-state index contributed by atoms with van der Waals surface area (Å²) in [6.45, 7) is 0. The standard InChI is InChI=1S/C16H11N5/c1-2-4-16-15(3-1)18-10-13(20-16)9-17-12-5-6-14-11(7-12)8-19-21-14/h1-10H,(H,19,21). The molecule has 0 atom stereocenters. The fourth-order valence-electron chi connectivity index (χ4n) is 2.18. The lowest BCUT2D eigenvalue weighted by Crippen LogP contribution is -1.90. The van der Waals surface area contributed by atoms with E-state index in [0.717, 1.165) is 33.3 Å². The van der Waals surface area contributed by atoms with Gasteiger partial charge in [0.1, 0.15) is 5.69 Å². The first-order chi connectivity index (χ1) is 10.4. The molecule has 0 bridgehead atoms. The second kappa shape index (κ2) is 4.79. The van der Waals surface area contributed by atoms with Crippen molar-refractivity contribution >= 4 is 33.8 Å². The Morgan fingerprint density at radius 2 is 1.90 bits per heavy atom. The van der Waals surface area contributed by atoms with Gasteiger partial charge in [-0.15, -0.1) is 0 Å². The number of aromatic amines is 1. The van der Waals surface area contributed by atoms with Crippen LogP contribution in [0.1, 0.15) is 5.69 Å². The molecule has 5 nitrogen and oxygen atoms in total. The van der Waals surface area contributed by atoms with Crippen molar-refractivity contribution in [3.8, 4) is 0 Å². The van der Waals surface area contributed by atoms with Crippen molar-refractivity contribution < 1.29 is 0 Å². The van der Waals surface area contributed by atoms with Crippen LogP contribution in [0.2, 0.25) is 0 Å². The van der Waals surface area contributed by atoms with Gasteiger partial charge in [0.25, 0.3) is 0 Å². The quantitative estimate of drug-likeness (QED) is 0.570. The zero-order valence-corrected chi connectivity index (χ0v) is 11.1. The molecule has 0 saturated heterocycles. The minimum Gasteiger partial charge on any atom is -0.278 e. The summed E-state index contributed by atoms with van der Waals surface area (Å²) in [6, 6.07) is 13.7. The number of aromatic nitrogens is 4. The predicted octanol–water partition coefficient (Wildman–Crippen LogP) is 3.26. The molecule has 2 aromatic heterocycles. The topological polar surface area (TPSA) is 66.8 Å². The first-order valence-electron chi connectivity index (χ1n) is 6.57. The maximum Gasteiger partial charge on any atom is 0.100 e. The van der Waals surface area contributed by atoms with E-state index in [1.165, 1.54) is 0 Å². The molecule has 0 aliphatic carbocycles. The number of hydrogen-bond donors (Lipinski definition) is 1. The maximum atomic E-state index is 4.51. The molecular weight excluding hydrogens is 262 g/mol. The van der Waals surface area contributed by atoms with Gasteiger partial charge in [-0.1, -0.05) is 12.1 Å². The molecule has 0 fully saturated rings. The minimum absolute atomic E-state index is 0.737. The second-order valence-electron chi connectivity index (χ2n) is 4.68. The van der Waals surface area contributed by atoms with Crippen LogP contribution < -0.4 is 0 Å². The van der Waals surface area contributed by atoms with Gasteiger partial charge in [0.15, 0.2) is 0 Å². The van der Waals surface area contributed by atoms with E-state index in [1.807, 2.05) is 42.5 Å². The lowest BCUT2D eigenvalue weighted by atomic mass is 10.2. The fraction of sp³-hybridized carbons (Fsp3) is 0. The Labute approximate surface area is 120 Å². The molecular formula is C16H11N5. The molecule has 100 valence electrons. The van der Waals surface area contributed by atoms with Gasteiger partial charge in [-0.3, -0.25) is 15.1 Å². The summed E-state index contributed by atoms with van der Waals surface area (Å²) in [7, 11) is 0. The molecule has 0 spiro atoms. The van der Waals surface area contributed by atoms with Crippen LogP contribution in [0.4, 0.5) is 5.69 Å². The molecule has 0 unspecified atom stereocenters. The van der Waals surface area contributed by atoms with Gasteiger partial charge in [-0.05, 0) is 30.3 Å². The highest BCUT2D eigenvalue weighted by atomic mass is 15.1. The van der Waals surface area contributed by atoms with E-state index >= 15 is 0 Å². The number of para-hydroxylation sites is 2. The maximum absolute atomic E-state index is 4.51. The van der Waals surface area contributed by atoms with Crippen LogP contribution in [-0.4, -0.2) is 26.4 Å².